The highest BCUT2D eigenvalue weighted by atomic mass is 16.6. The Bertz CT molecular complexity index is 795. The van der Waals surface area contributed by atoms with E-state index in [0.717, 1.165) is 6.42 Å². The molecule has 2 aromatic rings. The average Bonchev–Trinajstić information content (AvgIpc) is 3.08. The van der Waals surface area contributed by atoms with E-state index in [0.29, 0.717) is 19.1 Å². The number of carbonyl (C=O) groups excluding carboxylic acids is 1. The summed E-state index contributed by atoms with van der Waals surface area (Å²) >= 11 is 0. The second-order valence-corrected chi connectivity index (χ2v) is 6.51. The van der Waals surface area contributed by atoms with Crippen LogP contribution >= 0.6 is 0 Å². The molecule has 2 aliphatic rings. The second kappa shape index (κ2) is 6.98. The van der Waals surface area contributed by atoms with Gasteiger partial charge in [0.1, 0.15) is 6.61 Å². The zero-order valence-electron chi connectivity index (χ0n) is 14.0. The number of hydrogen-bond donors (Lipinski definition) is 0. The van der Waals surface area contributed by atoms with Crippen molar-refractivity contribution in [2.45, 2.75) is 18.3 Å². The van der Waals surface area contributed by atoms with Crippen LogP contribution in [0.3, 0.4) is 0 Å². The molecule has 1 aliphatic heterocycles. The third-order valence-corrected chi connectivity index (χ3v) is 4.89. The average molecular weight is 331 g/mol. The maximum atomic E-state index is 11.9. The topological polar surface area (TPSA) is 29.5 Å². The molecule has 2 atom stereocenters. The molecule has 4 rings (SSSR count). The molecule has 25 heavy (non-hydrogen) atoms. The molecule has 1 saturated heterocycles. The van der Waals surface area contributed by atoms with Gasteiger partial charge in [-0.25, -0.2) is 4.79 Å². The van der Waals surface area contributed by atoms with Crippen LogP contribution in [-0.4, -0.2) is 24.1 Å². The number of ether oxygens (including phenoxy) is 1. The van der Waals surface area contributed by atoms with E-state index in [1.165, 1.54) is 16.7 Å². The first kappa shape index (κ1) is 15.7. The minimum atomic E-state index is -0.245. The van der Waals surface area contributed by atoms with Gasteiger partial charge in [-0.1, -0.05) is 72.8 Å². The molecule has 0 unspecified atom stereocenters. The SMILES string of the molecule is O=C1OCCN1/C=C1/C[C@@H](c2ccccc2)C=C[C@H]1c1ccccc1. The van der Waals surface area contributed by atoms with Crippen LogP contribution in [0.1, 0.15) is 29.4 Å². The summed E-state index contributed by atoms with van der Waals surface area (Å²) in [4.78, 5) is 13.6. The molecule has 0 saturated carbocycles. The van der Waals surface area contributed by atoms with Crippen LogP contribution in [-0.2, 0) is 4.74 Å². The molecular weight excluding hydrogens is 310 g/mol. The molecule has 3 nitrogen and oxygen atoms in total. The second-order valence-electron chi connectivity index (χ2n) is 6.51. The summed E-state index contributed by atoms with van der Waals surface area (Å²) in [5.41, 5.74) is 3.81. The molecule has 1 heterocycles. The predicted octanol–water partition coefficient (Wildman–Crippen LogP) is 4.85. The van der Waals surface area contributed by atoms with Crippen molar-refractivity contribution in [2.75, 3.05) is 13.2 Å². The number of amides is 1. The van der Waals surface area contributed by atoms with Gasteiger partial charge in [-0.3, -0.25) is 4.90 Å². The lowest BCUT2D eigenvalue weighted by molar-refractivity contribution is 0.166. The molecule has 3 heteroatoms. The molecule has 1 amide bonds. The lowest BCUT2D eigenvalue weighted by Gasteiger charge is -2.28. The van der Waals surface area contributed by atoms with Gasteiger partial charge >= 0.3 is 6.09 Å². The molecule has 2 aromatic carbocycles. The van der Waals surface area contributed by atoms with E-state index in [2.05, 4.69) is 60.7 Å². The summed E-state index contributed by atoms with van der Waals surface area (Å²) in [6.45, 7) is 1.10. The first-order valence-electron chi connectivity index (χ1n) is 8.73. The van der Waals surface area contributed by atoms with Crippen molar-refractivity contribution in [1.29, 1.82) is 0 Å². The zero-order valence-corrected chi connectivity index (χ0v) is 14.0. The van der Waals surface area contributed by atoms with E-state index in [1.807, 2.05) is 18.3 Å². The maximum Gasteiger partial charge on any atom is 0.413 e. The molecule has 126 valence electrons. The first-order valence-corrected chi connectivity index (χ1v) is 8.73. The van der Waals surface area contributed by atoms with Crippen molar-refractivity contribution in [3.05, 3.63) is 95.7 Å². The minimum Gasteiger partial charge on any atom is -0.447 e. The van der Waals surface area contributed by atoms with Crippen LogP contribution in [0.2, 0.25) is 0 Å². The van der Waals surface area contributed by atoms with Crippen LogP contribution in [0.15, 0.2) is 84.6 Å². The Morgan fingerprint density at radius 3 is 2.24 bits per heavy atom. The van der Waals surface area contributed by atoms with Crippen LogP contribution in [0.4, 0.5) is 4.79 Å². The summed E-state index contributed by atoms with van der Waals surface area (Å²) < 4.78 is 5.08. The summed E-state index contributed by atoms with van der Waals surface area (Å²) in [6, 6.07) is 21.0. The Kier molecular flexibility index (Phi) is 4.38. The molecule has 0 aromatic heterocycles. The van der Waals surface area contributed by atoms with Crippen molar-refractivity contribution in [2.24, 2.45) is 0 Å². The fourth-order valence-electron chi connectivity index (χ4n) is 3.59. The first-order chi connectivity index (χ1) is 12.3. The monoisotopic (exact) mass is 331 g/mol. The van der Waals surface area contributed by atoms with Crippen molar-refractivity contribution in [1.82, 2.24) is 4.90 Å². The Balaban J connectivity index is 1.69. The number of rotatable bonds is 3. The summed E-state index contributed by atoms with van der Waals surface area (Å²) in [5.74, 6) is 0.542. The lowest BCUT2D eigenvalue weighted by atomic mass is 9.78. The lowest BCUT2D eigenvalue weighted by Crippen LogP contribution is -2.20. The number of nitrogens with zero attached hydrogens (tertiary/aromatic N) is 1. The van der Waals surface area contributed by atoms with Crippen molar-refractivity contribution in [3.8, 4) is 0 Å². The third-order valence-electron chi connectivity index (χ3n) is 4.89. The number of allylic oxidation sites excluding steroid dienone is 3. The van der Waals surface area contributed by atoms with Crippen LogP contribution in [0.25, 0.3) is 0 Å². The van der Waals surface area contributed by atoms with Gasteiger partial charge in [0.15, 0.2) is 0 Å². The Labute approximate surface area is 148 Å². The molecule has 0 spiro atoms. The molecule has 0 bridgehead atoms. The third kappa shape index (κ3) is 3.36. The van der Waals surface area contributed by atoms with Gasteiger partial charge in [0.25, 0.3) is 0 Å². The highest BCUT2D eigenvalue weighted by molar-refractivity contribution is 5.70. The smallest absolute Gasteiger partial charge is 0.413 e. The number of cyclic esters (lactones) is 1. The van der Waals surface area contributed by atoms with Gasteiger partial charge in [-0.2, -0.15) is 0 Å². The van der Waals surface area contributed by atoms with Gasteiger partial charge in [0, 0.05) is 18.0 Å². The zero-order chi connectivity index (χ0) is 17.1. The standard InChI is InChI=1S/C22H21NO2/c24-22-23(13-14-25-22)16-20-15-19(17-7-3-1-4-8-17)11-12-21(20)18-9-5-2-6-10-18/h1-12,16,19,21H,13-15H2/b20-16-/t19-,21-/m0/s1. The van der Waals surface area contributed by atoms with E-state index in [4.69, 9.17) is 4.74 Å². The summed E-state index contributed by atoms with van der Waals surface area (Å²) in [6.07, 6.45) is 7.23. The minimum absolute atomic E-state index is 0.203. The van der Waals surface area contributed by atoms with Gasteiger partial charge < -0.3 is 4.74 Å². The van der Waals surface area contributed by atoms with E-state index in [9.17, 15) is 4.79 Å². The predicted molar refractivity (Wildman–Crippen MR) is 98.3 cm³/mol. The van der Waals surface area contributed by atoms with Crippen molar-refractivity contribution < 1.29 is 9.53 Å². The molecule has 1 aliphatic carbocycles. The maximum absolute atomic E-state index is 11.9. The van der Waals surface area contributed by atoms with E-state index in [-0.39, 0.29) is 12.0 Å². The van der Waals surface area contributed by atoms with E-state index >= 15 is 0 Å². The largest absolute Gasteiger partial charge is 0.447 e. The molecule has 0 N–H and O–H groups in total. The number of carbonyl (C=O) groups is 1. The van der Waals surface area contributed by atoms with Gasteiger partial charge in [-0.15, -0.1) is 0 Å². The quantitative estimate of drug-likeness (QED) is 0.753. The van der Waals surface area contributed by atoms with Crippen molar-refractivity contribution in [3.63, 3.8) is 0 Å². The van der Waals surface area contributed by atoms with E-state index < -0.39 is 0 Å². The fourth-order valence-corrected chi connectivity index (χ4v) is 3.59. The fraction of sp³-hybridized carbons (Fsp3) is 0.227. The van der Waals surface area contributed by atoms with Gasteiger partial charge in [-0.05, 0) is 23.1 Å². The van der Waals surface area contributed by atoms with Crippen LogP contribution in [0, 0.1) is 0 Å². The Morgan fingerprint density at radius 1 is 0.920 bits per heavy atom. The highest BCUT2D eigenvalue weighted by Crippen LogP contribution is 2.39. The van der Waals surface area contributed by atoms with E-state index in [1.54, 1.807) is 4.90 Å². The molecule has 1 fully saturated rings. The molecule has 0 radical (unpaired) electrons. The normalized spacial score (nSPS) is 24.6. The Hall–Kier alpha value is -2.81. The Morgan fingerprint density at radius 2 is 1.60 bits per heavy atom. The van der Waals surface area contributed by atoms with Crippen LogP contribution < -0.4 is 0 Å². The van der Waals surface area contributed by atoms with Crippen molar-refractivity contribution >= 4 is 6.09 Å². The van der Waals surface area contributed by atoms with Crippen LogP contribution in [0.5, 0.6) is 0 Å². The number of hydrogen-bond acceptors (Lipinski definition) is 2. The van der Waals surface area contributed by atoms with Gasteiger partial charge in [0.2, 0.25) is 0 Å². The summed E-state index contributed by atoms with van der Waals surface area (Å²) in [5, 5.41) is 0. The van der Waals surface area contributed by atoms with Gasteiger partial charge in [0.05, 0.1) is 6.54 Å². The highest BCUT2D eigenvalue weighted by Gasteiger charge is 2.27. The summed E-state index contributed by atoms with van der Waals surface area (Å²) in [7, 11) is 0. The number of benzene rings is 2. The molecular formula is C22H21NO2.